The number of aliphatic carboxylic acids is 1. The molecule has 0 bridgehead atoms. The molecule has 3 heterocycles. The fourth-order valence-electron chi connectivity index (χ4n) is 3.49. The first-order valence-corrected chi connectivity index (χ1v) is 12.5. The highest BCUT2D eigenvalue weighted by atomic mass is 16.5. The van der Waals surface area contributed by atoms with E-state index < -0.39 is 5.97 Å². The van der Waals surface area contributed by atoms with Crippen LogP contribution in [0.1, 0.15) is 45.2 Å². The molecule has 2 aromatic heterocycles. The molecule has 2 aliphatic rings. The van der Waals surface area contributed by atoms with Gasteiger partial charge in [-0.05, 0) is 49.8 Å². The summed E-state index contributed by atoms with van der Waals surface area (Å²) in [6.07, 6.45) is 6.03. The Morgan fingerprint density at radius 2 is 1.86 bits per heavy atom. The van der Waals surface area contributed by atoms with Crippen LogP contribution >= 0.6 is 0 Å². The molecular formula is C26H39N5O4. The minimum Gasteiger partial charge on any atom is -0.481 e. The van der Waals surface area contributed by atoms with Gasteiger partial charge in [0.25, 0.3) is 0 Å². The number of urea groups is 1. The molecule has 1 aliphatic carbocycles. The van der Waals surface area contributed by atoms with Crippen LogP contribution in [-0.2, 0) is 11.2 Å². The largest absolute Gasteiger partial charge is 0.481 e. The number of aryl methyl sites for hydroxylation is 1. The van der Waals surface area contributed by atoms with Gasteiger partial charge in [-0.15, -0.1) is 0 Å². The van der Waals surface area contributed by atoms with E-state index in [9.17, 15) is 9.59 Å². The molecule has 0 radical (unpaired) electrons. The number of pyridine rings is 2. The fraction of sp³-hybridized carbons (Fsp3) is 0.538. The smallest absolute Gasteiger partial charge is 0.320 e. The van der Waals surface area contributed by atoms with Gasteiger partial charge < -0.3 is 25.0 Å². The first-order valence-electron chi connectivity index (χ1n) is 12.5. The van der Waals surface area contributed by atoms with E-state index in [0.29, 0.717) is 32.1 Å². The van der Waals surface area contributed by atoms with Crippen LogP contribution in [0, 0.1) is 5.92 Å². The van der Waals surface area contributed by atoms with Gasteiger partial charge in [-0.1, -0.05) is 26.0 Å². The summed E-state index contributed by atoms with van der Waals surface area (Å²) in [7, 11) is 1.60. The summed E-state index contributed by atoms with van der Waals surface area (Å²) >= 11 is 0. The van der Waals surface area contributed by atoms with Crippen molar-refractivity contribution in [1.29, 1.82) is 0 Å². The maximum absolute atomic E-state index is 12.2. The van der Waals surface area contributed by atoms with Gasteiger partial charge in [0, 0.05) is 50.7 Å². The van der Waals surface area contributed by atoms with Crippen LogP contribution in [0.4, 0.5) is 10.6 Å². The van der Waals surface area contributed by atoms with Gasteiger partial charge in [0.05, 0.1) is 13.5 Å². The maximum Gasteiger partial charge on any atom is 0.320 e. The molecule has 192 valence electrons. The third-order valence-electron chi connectivity index (χ3n) is 5.56. The number of carbonyl (C=O) groups is 2. The highest BCUT2D eigenvalue weighted by Crippen LogP contribution is 2.28. The monoisotopic (exact) mass is 485 g/mol. The molecule has 9 heteroatoms. The van der Waals surface area contributed by atoms with Crippen molar-refractivity contribution >= 4 is 17.8 Å². The number of hydrogen-bond acceptors (Lipinski definition) is 6. The van der Waals surface area contributed by atoms with Gasteiger partial charge in [0.15, 0.2) is 0 Å². The van der Waals surface area contributed by atoms with Gasteiger partial charge in [-0.3, -0.25) is 4.79 Å². The van der Waals surface area contributed by atoms with Crippen molar-refractivity contribution < 1.29 is 19.4 Å². The van der Waals surface area contributed by atoms with E-state index >= 15 is 0 Å². The van der Waals surface area contributed by atoms with E-state index in [0.717, 1.165) is 36.8 Å². The lowest BCUT2D eigenvalue weighted by molar-refractivity contribution is -0.137. The third-order valence-corrected chi connectivity index (χ3v) is 5.56. The summed E-state index contributed by atoms with van der Waals surface area (Å²) in [6, 6.07) is 11.5. The molecule has 2 amide bonds. The van der Waals surface area contributed by atoms with Gasteiger partial charge >= 0.3 is 12.0 Å². The molecule has 1 aliphatic heterocycles. The van der Waals surface area contributed by atoms with E-state index in [1.165, 1.54) is 12.8 Å². The zero-order valence-corrected chi connectivity index (χ0v) is 21.2. The zero-order chi connectivity index (χ0) is 25.5. The van der Waals surface area contributed by atoms with E-state index in [-0.39, 0.29) is 12.5 Å². The molecule has 0 spiro atoms. The molecule has 4 rings (SSSR count). The normalized spacial score (nSPS) is 14.4. The Bertz CT molecular complexity index is 892. The first kappa shape index (κ1) is 27.9. The molecule has 35 heavy (non-hydrogen) atoms. The maximum atomic E-state index is 12.2. The van der Waals surface area contributed by atoms with Crippen molar-refractivity contribution in [2.75, 3.05) is 45.2 Å². The Morgan fingerprint density at radius 1 is 1.11 bits per heavy atom. The lowest BCUT2D eigenvalue weighted by Crippen LogP contribution is -2.33. The van der Waals surface area contributed by atoms with Gasteiger partial charge in [-0.25, -0.2) is 14.8 Å². The van der Waals surface area contributed by atoms with E-state index in [4.69, 9.17) is 9.84 Å². The molecule has 2 aromatic rings. The number of carboxylic acid groups (broad SMARTS) is 1. The number of ether oxygens (including phenoxy) is 1. The molecule has 1 saturated carbocycles. The predicted octanol–water partition coefficient (Wildman–Crippen LogP) is 4.16. The number of rotatable bonds is 11. The molecule has 2 fully saturated rings. The van der Waals surface area contributed by atoms with Crippen molar-refractivity contribution in [3.8, 4) is 5.88 Å². The second-order valence-electron chi connectivity index (χ2n) is 8.21. The van der Waals surface area contributed by atoms with Gasteiger partial charge in [0.1, 0.15) is 5.82 Å². The van der Waals surface area contributed by atoms with Crippen LogP contribution in [0.5, 0.6) is 5.88 Å². The topological polar surface area (TPSA) is 108 Å². The number of methoxy groups -OCH3 is 1. The molecular weight excluding hydrogens is 446 g/mol. The Morgan fingerprint density at radius 3 is 2.46 bits per heavy atom. The summed E-state index contributed by atoms with van der Waals surface area (Å²) in [5.41, 5.74) is 1.04. The van der Waals surface area contributed by atoms with E-state index in [2.05, 4.69) is 15.3 Å². The van der Waals surface area contributed by atoms with Crippen LogP contribution in [0.3, 0.4) is 0 Å². The highest BCUT2D eigenvalue weighted by Gasteiger charge is 2.27. The van der Waals surface area contributed by atoms with Crippen molar-refractivity contribution in [2.45, 2.75) is 46.0 Å². The summed E-state index contributed by atoms with van der Waals surface area (Å²) in [6.45, 7) is 7.27. The van der Waals surface area contributed by atoms with Crippen LogP contribution in [0.15, 0.2) is 42.6 Å². The predicted molar refractivity (Wildman–Crippen MR) is 137 cm³/mol. The fourth-order valence-corrected chi connectivity index (χ4v) is 3.49. The summed E-state index contributed by atoms with van der Waals surface area (Å²) in [5.74, 6) is 1.54. The second-order valence-corrected chi connectivity index (χ2v) is 8.21. The Kier molecular flexibility index (Phi) is 12.4. The molecule has 0 aromatic carbocycles. The highest BCUT2D eigenvalue weighted by molar-refractivity contribution is 5.77. The Hall–Kier alpha value is -3.36. The number of anilines is 1. The molecule has 2 N–H and O–H groups in total. The molecule has 0 atom stereocenters. The lowest BCUT2D eigenvalue weighted by atomic mass is 10.2. The summed E-state index contributed by atoms with van der Waals surface area (Å²) in [5, 5.41) is 12.1. The number of amides is 2. The first-order chi connectivity index (χ1) is 17.0. The standard InChI is InChI=1S/C18H26N4O3.C6H7NO.C2H6/c23-17(24)8-10-22-12-11-21(18(22)25)9-2-4-15-3-1-5-16(20-15)19-13-14-6-7-14;1-8-6-4-2-3-5-7-6;1-2/h1,3,5,14H,2,4,6-13H2,(H,19,20)(H,23,24);2-5H,1H3;1-2H3. The minimum absolute atomic E-state index is 0.00412. The molecule has 1 saturated heterocycles. The number of nitrogens with one attached hydrogen (secondary N) is 1. The summed E-state index contributed by atoms with van der Waals surface area (Å²) in [4.78, 5) is 34.8. The van der Waals surface area contributed by atoms with Crippen LogP contribution < -0.4 is 10.1 Å². The molecule has 9 nitrogen and oxygen atoms in total. The SMILES string of the molecule is CC.COc1ccccn1.O=C(O)CCN1CCN(CCCc2cccc(NCC3CC3)n2)C1=O. The van der Waals surface area contributed by atoms with Gasteiger partial charge in [-0.2, -0.15) is 0 Å². The number of nitrogens with zero attached hydrogens (tertiary/aromatic N) is 4. The minimum atomic E-state index is -0.868. The van der Waals surface area contributed by atoms with Crippen LogP contribution in [0.25, 0.3) is 0 Å². The van der Waals surface area contributed by atoms with Crippen molar-refractivity contribution in [3.63, 3.8) is 0 Å². The number of hydrogen-bond donors (Lipinski definition) is 2. The van der Waals surface area contributed by atoms with E-state index in [1.54, 1.807) is 29.2 Å². The Balaban J connectivity index is 0.000000363. The Labute approximate surface area is 208 Å². The van der Waals surface area contributed by atoms with Crippen LogP contribution in [-0.4, -0.2) is 76.7 Å². The van der Waals surface area contributed by atoms with Crippen molar-refractivity contribution in [2.24, 2.45) is 5.92 Å². The number of carbonyl (C=O) groups excluding carboxylic acids is 1. The quantitative estimate of drug-likeness (QED) is 0.492. The van der Waals surface area contributed by atoms with Gasteiger partial charge in [0.2, 0.25) is 5.88 Å². The third kappa shape index (κ3) is 10.6. The number of carboxylic acids is 1. The average Bonchev–Trinajstić information content (AvgIpc) is 3.66. The van der Waals surface area contributed by atoms with E-state index in [1.807, 2.05) is 44.2 Å². The zero-order valence-electron chi connectivity index (χ0n) is 21.2. The number of aromatic nitrogens is 2. The molecule has 0 unspecified atom stereocenters. The average molecular weight is 486 g/mol. The summed E-state index contributed by atoms with van der Waals surface area (Å²) < 4.78 is 4.80. The van der Waals surface area contributed by atoms with Crippen molar-refractivity contribution in [3.05, 3.63) is 48.3 Å². The second kappa shape index (κ2) is 15.5. The van der Waals surface area contributed by atoms with Crippen LogP contribution in [0.2, 0.25) is 0 Å². The lowest BCUT2D eigenvalue weighted by Gasteiger charge is -2.18. The van der Waals surface area contributed by atoms with Crippen molar-refractivity contribution in [1.82, 2.24) is 19.8 Å².